The third-order valence-electron chi connectivity index (χ3n) is 4.94. The molecule has 0 unspecified atom stereocenters. The molecule has 26 heavy (non-hydrogen) atoms. The second-order valence-electron chi connectivity index (χ2n) is 9.16. The molecule has 0 aliphatic carbocycles. The van der Waals surface area contributed by atoms with Gasteiger partial charge in [0.15, 0.2) is 0 Å². The van der Waals surface area contributed by atoms with Crippen LogP contribution < -0.4 is 5.79 Å². The van der Waals surface area contributed by atoms with Crippen molar-refractivity contribution in [2.75, 3.05) is 0 Å². The Morgan fingerprint density at radius 3 is 1.27 bits per heavy atom. The zero-order valence-electron chi connectivity index (χ0n) is 16.4. The van der Waals surface area contributed by atoms with E-state index in [0.29, 0.717) is 0 Å². The summed E-state index contributed by atoms with van der Waals surface area (Å²) < 4.78 is 3.39. The Hall–Kier alpha value is -0.0426. The molecule has 4 heteroatoms. The van der Waals surface area contributed by atoms with Gasteiger partial charge < -0.3 is 0 Å². The molecule has 0 saturated heterocycles. The molecule has 0 radical (unpaired) electrons. The average molecular weight is 592 g/mol. The third-order valence-corrected chi connectivity index (χ3v) is 26.1. The first kappa shape index (κ1) is 19.3. The molecule has 0 N–H and O–H groups in total. The van der Waals surface area contributed by atoms with E-state index in [1.54, 1.807) is 5.79 Å². The van der Waals surface area contributed by atoms with E-state index in [-0.39, 0.29) is 0 Å². The number of hydrogen-bond donors (Lipinski definition) is 0. The predicted octanol–water partition coefficient (Wildman–Crippen LogP) is 6.87. The summed E-state index contributed by atoms with van der Waals surface area (Å²) in [5, 5.41) is 10.8. The molecule has 0 aliphatic heterocycles. The fourth-order valence-electron chi connectivity index (χ4n) is 3.77. The Morgan fingerprint density at radius 2 is 0.923 bits per heavy atom. The summed E-state index contributed by atoms with van der Waals surface area (Å²) in [5.41, 5.74) is 2.83. The standard InChI is InChI=1S/C16H8S2.6CH3.2Sn/c1-3-11-7-17-9-15(11)13(5-1)14-6-2-4-12-8-18-10-16(12)14;;;;;;;;/h1-6,9-10H;6*1H3;;. The van der Waals surface area contributed by atoms with Crippen molar-refractivity contribution >= 4 is 86.8 Å². The molecule has 0 atom stereocenters. The van der Waals surface area contributed by atoms with Crippen LogP contribution in [0.15, 0.2) is 47.2 Å². The van der Waals surface area contributed by atoms with Gasteiger partial charge in [-0.05, 0) is 0 Å². The summed E-state index contributed by atoms with van der Waals surface area (Å²) in [6, 6.07) is 13.9. The van der Waals surface area contributed by atoms with Crippen molar-refractivity contribution in [3.05, 3.63) is 47.2 Å². The molecule has 2 aromatic heterocycles. The summed E-state index contributed by atoms with van der Waals surface area (Å²) in [6.07, 6.45) is 0. The van der Waals surface area contributed by atoms with Crippen LogP contribution in [-0.2, 0) is 0 Å². The molecule has 0 fully saturated rings. The maximum atomic E-state index is 2.52. The van der Waals surface area contributed by atoms with Crippen LogP contribution in [0.1, 0.15) is 0 Å². The normalized spacial score (nSPS) is 13.0. The molecule has 4 aromatic rings. The van der Waals surface area contributed by atoms with Gasteiger partial charge in [0.2, 0.25) is 0 Å². The van der Waals surface area contributed by atoms with Gasteiger partial charge in [-0.15, -0.1) is 0 Å². The van der Waals surface area contributed by atoms with Crippen molar-refractivity contribution in [3.8, 4) is 11.1 Å². The van der Waals surface area contributed by atoms with Gasteiger partial charge >= 0.3 is 175 Å². The fourth-order valence-corrected chi connectivity index (χ4v) is 19.0. The van der Waals surface area contributed by atoms with E-state index in [0.717, 1.165) is 0 Å². The SMILES string of the molecule is [CH3][Sn]([CH3])([CH3])[c]1scc2c(-c3cccc4[c]([Sn]([CH3])([CH3])[CH3])scc34)cccc12. The zero-order chi connectivity index (χ0) is 18.7. The van der Waals surface area contributed by atoms with Crippen LogP contribution in [-0.4, -0.2) is 36.8 Å². The molecule has 0 spiro atoms. The summed E-state index contributed by atoms with van der Waals surface area (Å²) in [5.74, 6) is 0. The number of hydrogen-bond acceptors (Lipinski definition) is 2. The van der Waals surface area contributed by atoms with E-state index < -0.39 is 36.8 Å². The van der Waals surface area contributed by atoms with Gasteiger partial charge in [0, 0.05) is 0 Å². The Bertz CT molecular complexity index is 1010. The molecule has 2 heterocycles. The van der Waals surface area contributed by atoms with Crippen LogP contribution in [0.4, 0.5) is 0 Å². The molecule has 0 amide bonds. The van der Waals surface area contributed by atoms with Gasteiger partial charge in [-0.25, -0.2) is 0 Å². The number of fused-ring (bicyclic) bond motifs is 2. The van der Waals surface area contributed by atoms with Crippen LogP contribution in [0.5, 0.6) is 0 Å². The molecule has 2 aromatic carbocycles. The van der Waals surface area contributed by atoms with Crippen LogP contribution in [0.3, 0.4) is 0 Å². The summed E-state index contributed by atoms with van der Waals surface area (Å²) in [6.45, 7) is 0. The van der Waals surface area contributed by atoms with Gasteiger partial charge in [-0.2, -0.15) is 0 Å². The predicted molar refractivity (Wildman–Crippen MR) is 129 cm³/mol. The van der Waals surface area contributed by atoms with Crippen molar-refractivity contribution in [1.82, 2.24) is 0 Å². The molecule has 0 bridgehead atoms. The molecule has 0 saturated carbocycles. The van der Waals surface area contributed by atoms with E-state index in [9.17, 15) is 0 Å². The van der Waals surface area contributed by atoms with Crippen LogP contribution in [0, 0.1) is 0 Å². The molecular formula is C22H26S2Sn2. The number of rotatable bonds is 3. The minimum absolute atomic E-state index is 1.42. The van der Waals surface area contributed by atoms with Gasteiger partial charge in [0.25, 0.3) is 0 Å². The first-order valence-electron chi connectivity index (χ1n) is 9.20. The number of thiophene rings is 2. The van der Waals surface area contributed by atoms with Crippen LogP contribution in [0.25, 0.3) is 32.7 Å². The quantitative estimate of drug-likeness (QED) is 0.228. The van der Waals surface area contributed by atoms with Gasteiger partial charge in [-0.3, -0.25) is 0 Å². The third kappa shape index (κ3) is 3.29. The second-order valence-corrected chi connectivity index (χ2v) is 41.5. The van der Waals surface area contributed by atoms with Crippen molar-refractivity contribution in [1.29, 1.82) is 0 Å². The first-order chi connectivity index (χ1) is 12.2. The Labute approximate surface area is 173 Å². The Kier molecular flexibility index (Phi) is 5.03. The zero-order valence-corrected chi connectivity index (χ0v) is 23.8. The minimum atomic E-state index is -2.08. The van der Waals surface area contributed by atoms with E-state index in [4.69, 9.17) is 0 Å². The topological polar surface area (TPSA) is 0 Å². The monoisotopic (exact) mass is 594 g/mol. The molecular weight excluding hydrogens is 566 g/mol. The average Bonchev–Trinajstić information content (AvgIpc) is 3.17. The van der Waals surface area contributed by atoms with E-state index in [2.05, 4.69) is 76.8 Å². The van der Waals surface area contributed by atoms with Gasteiger partial charge in [0.1, 0.15) is 0 Å². The summed E-state index contributed by atoms with van der Waals surface area (Å²) >= 11 is -0.169. The summed E-state index contributed by atoms with van der Waals surface area (Å²) in [4.78, 5) is 15.1. The Balaban J connectivity index is 2.00. The van der Waals surface area contributed by atoms with Crippen molar-refractivity contribution in [3.63, 3.8) is 0 Å². The van der Waals surface area contributed by atoms with Crippen molar-refractivity contribution in [2.45, 2.75) is 29.6 Å². The molecule has 4 rings (SSSR count). The molecule has 0 nitrogen and oxygen atoms in total. The van der Waals surface area contributed by atoms with E-state index >= 15 is 0 Å². The van der Waals surface area contributed by atoms with Crippen molar-refractivity contribution in [2.24, 2.45) is 0 Å². The number of benzene rings is 2. The Morgan fingerprint density at radius 1 is 0.538 bits per heavy atom. The first-order valence-corrected chi connectivity index (χ1v) is 30.9. The van der Waals surface area contributed by atoms with Crippen molar-refractivity contribution < 1.29 is 0 Å². The molecule has 0 aliphatic rings. The fraction of sp³-hybridized carbons (Fsp3) is 0.273. The van der Waals surface area contributed by atoms with E-state index in [1.165, 1.54) is 32.7 Å². The van der Waals surface area contributed by atoms with Gasteiger partial charge in [0.05, 0.1) is 0 Å². The van der Waals surface area contributed by atoms with E-state index in [1.807, 2.05) is 22.7 Å². The summed E-state index contributed by atoms with van der Waals surface area (Å²) in [7, 11) is 0. The maximum absolute atomic E-state index is 2.52. The van der Waals surface area contributed by atoms with Crippen LogP contribution in [0.2, 0.25) is 29.6 Å². The molecule has 134 valence electrons. The van der Waals surface area contributed by atoms with Crippen LogP contribution >= 0.6 is 22.7 Å². The second kappa shape index (κ2) is 6.78. The van der Waals surface area contributed by atoms with Gasteiger partial charge in [-0.1, -0.05) is 0 Å².